The van der Waals surface area contributed by atoms with Gasteiger partial charge in [0, 0.05) is 37.6 Å². The molecule has 0 spiro atoms. The van der Waals surface area contributed by atoms with Crippen LogP contribution in [0.15, 0.2) is 53.5 Å². The van der Waals surface area contributed by atoms with E-state index in [0.717, 1.165) is 11.4 Å². The number of ether oxygens (including phenoxy) is 1. The first kappa shape index (κ1) is 21.6. The molecule has 1 fully saturated rings. The van der Waals surface area contributed by atoms with Crippen molar-refractivity contribution in [2.24, 2.45) is 4.99 Å². The van der Waals surface area contributed by atoms with E-state index in [9.17, 15) is 14.0 Å². The predicted molar refractivity (Wildman–Crippen MR) is 120 cm³/mol. The molecule has 2 N–H and O–H groups in total. The van der Waals surface area contributed by atoms with E-state index in [1.807, 2.05) is 11.8 Å². The molecule has 2 amide bonds. The number of amides is 2. The van der Waals surface area contributed by atoms with E-state index >= 15 is 0 Å². The molecule has 0 saturated carbocycles. The fourth-order valence-electron chi connectivity index (χ4n) is 3.74. The van der Waals surface area contributed by atoms with Crippen molar-refractivity contribution in [2.45, 2.75) is 19.4 Å². The highest BCUT2D eigenvalue weighted by molar-refractivity contribution is 6.06. The summed E-state index contributed by atoms with van der Waals surface area (Å²) < 4.78 is 18.6. The third-order valence-electron chi connectivity index (χ3n) is 5.41. The van der Waals surface area contributed by atoms with Crippen molar-refractivity contribution in [1.82, 2.24) is 10.2 Å². The fraction of sp³-hybridized carbons (Fsp3) is 0.348. The third-order valence-corrected chi connectivity index (χ3v) is 5.41. The molecule has 2 aromatic carbocycles. The first-order valence-electron chi connectivity index (χ1n) is 10.7. The Morgan fingerprint density at radius 2 is 1.75 bits per heavy atom. The summed E-state index contributed by atoms with van der Waals surface area (Å²) in [6.07, 6.45) is 0.00189. The van der Waals surface area contributed by atoms with E-state index < -0.39 is 6.04 Å². The van der Waals surface area contributed by atoms with Crippen LogP contribution in [-0.2, 0) is 9.59 Å². The molecule has 9 heteroatoms. The number of rotatable bonds is 5. The van der Waals surface area contributed by atoms with E-state index in [0.29, 0.717) is 44.4 Å². The Morgan fingerprint density at radius 1 is 1.09 bits per heavy atom. The SMILES string of the molecule is CCOc1ccc(NC(=O)[C@@H]2CC(=O)NC(N3CCN(c4ccc(F)cc4)CC3)=N2)cc1. The maximum absolute atomic E-state index is 13.2. The second kappa shape index (κ2) is 9.67. The molecule has 0 radical (unpaired) electrons. The van der Waals surface area contributed by atoms with Gasteiger partial charge in [0.05, 0.1) is 13.0 Å². The van der Waals surface area contributed by atoms with Crippen LogP contribution in [0, 0.1) is 5.82 Å². The second-order valence-electron chi connectivity index (χ2n) is 7.62. The second-order valence-corrected chi connectivity index (χ2v) is 7.62. The molecule has 32 heavy (non-hydrogen) atoms. The number of anilines is 2. The fourth-order valence-corrected chi connectivity index (χ4v) is 3.74. The van der Waals surface area contributed by atoms with Gasteiger partial charge in [0.1, 0.15) is 17.6 Å². The van der Waals surface area contributed by atoms with Crippen LogP contribution in [0.1, 0.15) is 13.3 Å². The standard InChI is InChI=1S/C23H26FN5O3/c1-2-32-19-9-5-17(6-10-19)25-22(31)20-15-21(30)27-23(26-20)29-13-11-28(12-14-29)18-7-3-16(24)4-8-18/h3-10,20H,2,11-15H2,1H3,(H,25,31)(H,26,27,30)/t20-/m0/s1. The number of carbonyl (C=O) groups is 2. The van der Waals surface area contributed by atoms with Crippen molar-refractivity contribution in [3.63, 3.8) is 0 Å². The third kappa shape index (κ3) is 5.16. The first-order valence-corrected chi connectivity index (χ1v) is 10.7. The van der Waals surface area contributed by atoms with E-state index in [1.165, 1.54) is 12.1 Å². The average Bonchev–Trinajstić information content (AvgIpc) is 2.81. The smallest absolute Gasteiger partial charge is 0.249 e. The van der Waals surface area contributed by atoms with Crippen LogP contribution in [0.3, 0.4) is 0 Å². The molecule has 0 aromatic heterocycles. The summed E-state index contributed by atoms with van der Waals surface area (Å²) in [5, 5.41) is 5.61. The van der Waals surface area contributed by atoms with Crippen LogP contribution in [0.5, 0.6) is 5.75 Å². The Labute approximate surface area is 186 Å². The maximum atomic E-state index is 13.2. The summed E-state index contributed by atoms with van der Waals surface area (Å²) in [6.45, 7) is 5.13. The molecular formula is C23H26FN5O3. The molecule has 0 aliphatic carbocycles. The molecule has 0 bridgehead atoms. The van der Waals surface area contributed by atoms with Gasteiger partial charge in [-0.05, 0) is 55.5 Å². The summed E-state index contributed by atoms with van der Waals surface area (Å²) in [5.41, 5.74) is 1.57. The van der Waals surface area contributed by atoms with Crippen LogP contribution in [0.4, 0.5) is 15.8 Å². The van der Waals surface area contributed by atoms with Gasteiger partial charge in [0.25, 0.3) is 0 Å². The van der Waals surface area contributed by atoms with Gasteiger partial charge in [0.15, 0.2) is 0 Å². The lowest BCUT2D eigenvalue weighted by molar-refractivity contribution is -0.125. The topological polar surface area (TPSA) is 86.3 Å². The molecule has 0 unspecified atom stereocenters. The minimum atomic E-state index is -0.791. The Balaban J connectivity index is 1.38. The van der Waals surface area contributed by atoms with E-state index in [1.54, 1.807) is 36.4 Å². The summed E-state index contributed by atoms with van der Waals surface area (Å²) in [5.74, 6) is 0.324. The van der Waals surface area contributed by atoms with E-state index in [-0.39, 0.29) is 24.1 Å². The Kier molecular flexibility index (Phi) is 6.53. The molecule has 2 heterocycles. The normalized spacial score (nSPS) is 18.6. The van der Waals surface area contributed by atoms with Crippen molar-refractivity contribution in [1.29, 1.82) is 0 Å². The van der Waals surface area contributed by atoms with Crippen molar-refractivity contribution in [2.75, 3.05) is 43.0 Å². The van der Waals surface area contributed by atoms with Crippen molar-refractivity contribution < 1.29 is 18.7 Å². The number of nitrogens with one attached hydrogen (secondary N) is 2. The molecule has 2 aliphatic heterocycles. The highest BCUT2D eigenvalue weighted by Gasteiger charge is 2.30. The summed E-state index contributed by atoms with van der Waals surface area (Å²) >= 11 is 0. The Morgan fingerprint density at radius 3 is 2.41 bits per heavy atom. The number of halogens is 1. The van der Waals surface area contributed by atoms with E-state index in [2.05, 4.69) is 20.5 Å². The molecule has 2 aromatic rings. The minimum Gasteiger partial charge on any atom is -0.494 e. The number of guanidine groups is 1. The molecule has 2 aliphatic rings. The molecule has 4 rings (SSSR count). The van der Waals surface area contributed by atoms with Crippen LogP contribution >= 0.6 is 0 Å². The number of hydrogen-bond donors (Lipinski definition) is 2. The molecule has 8 nitrogen and oxygen atoms in total. The monoisotopic (exact) mass is 439 g/mol. The zero-order valence-electron chi connectivity index (χ0n) is 17.9. The van der Waals surface area contributed by atoms with Crippen LogP contribution < -0.4 is 20.3 Å². The number of piperazine rings is 1. The Bertz CT molecular complexity index is 986. The van der Waals surface area contributed by atoms with Gasteiger partial charge in [-0.2, -0.15) is 0 Å². The van der Waals surface area contributed by atoms with E-state index in [4.69, 9.17) is 4.74 Å². The van der Waals surface area contributed by atoms with Gasteiger partial charge >= 0.3 is 0 Å². The lowest BCUT2D eigenvalue weighted by Gasteiger charge is -2.38. The zero-order valence-corrected chi connectivity index (χ0v) is 17.9. The summed E-state index contributed by atoms with van der Waals surface area (Å²) in [7, 11) is 0. The van der Waals surface area contributed by atoms with Gasteiger partial charge in [-0.15, -0.1) is 0 Å². The van der Waals surface area contributed by atoms with Gasteiger partial charge < -0.3 is 19.9 Å². The number of benzene rings is 2. The van der Waals surface area contributed by atoms with Crippen molar-refractivity contribution in [3.8, 4) is 5.75 Å². The molecule has 1 atom stereocenters. The van der Waals surface area contributed by atoms with Gasteiger partial charge in [0.2, 0.25) is 17.8 Å². The number of aliphatic imine (C=N–C) groups is 1. The minimum absolute atomic E-state index is 0.00189. The average molecular weight is 439 g/mol. The van der Waals surface area contributed by atoms with Crippen molar-refractivity contribution >= 4 is 29.1 Å². The molecular weight excluding hydrogens is 413 g/mol. The van der Waals surface area contributed by atoms with Gasteiger partial charge in [-0.1, -0.05) is 0 Å². The largest absolute Gasteiger partial charge is 0.494 e. The predicted octanol–water partition coefficient (Wildman–Crippen LogP) is 2.23. The van der Waals surface area contributed by atoms with Crippen LogP contribution in [0.2, 0.25) is 0 Å². The quantitative estimate of drug-likeness (QED) is 0.746. The molecule has 168 valence electrons. The van der Waals surface area contributed by atoms with Gasteiger partial charge in [-0.25, -0.2) is 9.38 Å². The highest BCUT2D eigenvalue weighted by Crippen LogP contribution is 2.19. The lowest BCUT2D eigenvalue weighted by Crippen LogP contribution is -2.56. The molecule has 1 saturated heterocycles. The van der Waals surface area contributed by atoms with Crippen LogP contribution in [-0.4, -0.2) is 61.5 Å². The van der Waals surface area contributed by atoms with Gasteiger partial charge in [-0.3, -0.25) is 14.9 Å². The Hall–Kier alpha value is -3.62. The summed E-state index contributed by atoms with van der Waals surface area (Å²) in [6, 6.07) is 12.7. The number of carbonyl (C=O) groups excluding carboxylic acids is 2. The number of nitrogens with zero attached hydrogens (tertiary/aromatic N) is 3. The maximum Gasteiger partial charge on any atom is 0.249 e. The lowest BCUT2D eigenvalue weighted by atomic mass is 10.1. The number of hydrogen-bond acceptors (Lipinski definition) is 6. The first-order chi connectivity index (χ1) is 15.5. The summed E-state index contributed by atoms with van der Waals surface area (Å²) in [4.78, 5) is 33.6. The highest BCUT2D eigenvalue weighted by atomic mass is 19.1. The van der Waals surface area contributed by atoms with Crippen molar-refractivity contribution in [3.05, 3.63) is 54.3 Å². The zero-order chi connectivity index (χ0) is 22.5. The van der Waals surface area contributed by atoms with Crippen LogP contribution in [0.25, 0.3) is 0 Å².